The number of rotatable bonds is 6. The minimum atomic E-state index is -0.225. The van der Waals surface area contributed by atoms with Crippen LogP contribution in [0.5, 0.6) is 0 Å². The van der Waals surface area contributed by atoms with E-state index in [4.69, 9.17) is 0 Å². The van der Waals surface area contributed by atoms with E-state index < -0.39 is 0 Å². The Kier molecular flexibility index (Phi) is 4.99. The monoisotopic (exact) mass is 278 g/mol. The van der Waals surface area contributed by atoms with Crippen LogP contribution in [0.1, 0.15) is 51.5 Å². The molecule has 0 radical (unpaired) electrons. The van der Waals surface area contributed by atoms with Gasteiger partial charge in [0.05, 0.1) is 5.69 Å². The van der Waals surface area contributed by atoms with Crippen LogP contribution in [-0.4, -0.2) is 11.9 Å². The zero-order valence-electron chi connectivity index (χ0n) is 12.3. The van der Waals surface area contributed by atoms with Crippen molar-refractivity contribution in [1.82, 2.24) is 0 Å². The van der Waals surface area contributed by atoms with E-state index in [1.54, 1.807) is 12.1 Å². The van der Waals surface area contributed by atoms with E-state index in [9.17, 15) is 9.18 Å². The van der Waals surface area contributed by atoms with Crippen LogP contribution in [0.25, 0.3) is 0 Å². The van der Waals surface area contributed by atoms with Crippen molar-refractivity contribution in [2.24, 2.45) is 0 Å². The van der Waals surface area contributed by atoms with Gasteiger partial charge in [-0.05, 0) is 37.0 Å². The highest BCUT2D eigenvalue weighted by molar-refractivity contribution is 5.94. The molecule has 0 spiro atoms. The minimum Gasteiger partial charge on any atom is -0.380 e. The molecule has 3 nitrogen and oxygen atoms in total. The summed E-state index contributed by atoms with van der Waals surface area (Å²) >= 11 is 0. The van der Waals surface area contributed by atoms with Crippen molar-refractivity contribution >= 4 is 17.3 Å². The third kappa shape index (κ3) is 3.50. The molecule has 1 amide bonds. The zero-order chi connectivity index (χ0) is 14.5. The summed E-state index contributed by atoms with van der Waals surface area (Å²) in [4.78, 5) is 11.4. The Hall–Kier alpha value is -1.58. The normalized spacial score (nSPS) is 14.1. The van der Waals surface area contributed by atoms with Gasteiger partial charge in [-0.3, -0.25) is 4.79 Å². The molecule has 1 aromatic carbocycles. The number of carbonyl (C=O) groups excluding carboxylic acids is 1. The zero-order valence-corrected chi connectivity index (χ0v) is 12.3. The number of hydrogen-bond donors (Lipinski definition) is 2. The average molecular weight is 278 g/mol. The predicted molar refractivity (Wildman–Crippen MR) is 80.6 cm³/mol. The van der Waals surface area contributed by atoms with Crippen LogP contribution in [0.3, 0.4) is 0 Å². The topological polar surface area (TPSA) is 41.1 Å². The number of carbonyl (C=O) groups is 1. The largest absolute Gasteiger partial charge is 0.380 e. The Labute approximate surface area is 120 Å². The molecule has 20 heavy (non-hydrogen) atoms. The van der Waals surface area contributed by atoms with E-state index in [-0.39, 0.29) is 17.8 Å². The first-order valence-corrected chi connectivity index (χ1v) is 7.52. The maximum absolute atomic E-state index is 14.1. The minimum absolute atomic E-state index is 0.00808. The van der Waals surface area contributed by atoms with Crippen molar-refractivity contribution in [3.63, 3.8) is 0 Å². The molecule has 1 aliphatic rings. The summed E-state index contributed by atoms with van der Waals surface area (Å²) in [6, 6.07) is 3.57. The lowest BCUT2D eigenvalue weighted by Gasteiger charge is -2.22. The van der Waals surface area contributed by atoms with Crippen molar-refractivity contribution in [2.45, 2.75) is 58.4 Å². The van der Waals surface area contributed by atoms with Gasteiger partial charge in [0.1, 0.15) is 5.82 Å². The molecule has 0 saturated heterocycles. The molecule has 2 N–H and O–H groups in total. The fourth-order valence-electron chi connectivity index (χ4n) is 2.71. The number of halogens is 1. The summed E-state index contributed by atoms with van der Waals surface area (Å²) in [7, 11) is 0. The second kappa shape index (κ2) is 6.73. The number of amides is 1. The van der Waals surface area contributed by atoms with Gasteiger partial charge in [0.25, 0.3) is 0 Å². The van der Waals surface area contributed by atoms with Crippen LogP contribution < -0.4 is 10.6 Å². The first kappa shape index (κ1) is 14.8. The van der Waals surface area contributed by atoms with E-state index in [1.807, 2.05) is 0 Å². The molecule has 2 rings (SSSR count). The Morgan fingerprint density at radius 1 is 1.25 bits per heavy atom. The first-order valence-electron chi connectivity index (χ1n) is 7.52. The molecular formula is C16H23FN2O. The number of fused-ring (bicyclic) bond motifs is 1. The highest BCUT2D eigenvalue weighted by atomic mass is 19.1. The Morgan fingerprint density at radius 2 is 1.95 bits per heavy atom. The number of anilines is 2. The Balaban J connectivity index is 2.18. The lowest BCUT2D eigenvalue weighted by Crippen LogP contribution is -2.22. The molecule has 0 aromatic heterocycles. The third-order valence-corrected chi connectivity index (χ3v) is 3.72. The lowest BCUT2D eigenvalue weighted by atomic mass is 10.0. The summed E-state index contributed by atoms with van der Waals surface area (Å²) in [6.07, 6.45) is 5.24. The molecule has 0 saturated carbocycles. The molecule has 0 atom stereocenters. The maximum atomic E-state index is 14.1. The second-order valence-electron chi connectivity index (χ2n) is 5.46. The fourth-order valence-corrected chi connectivity index (χ4v) is 2.71. The maximum Gasteiger partial charge on any atom is 0.224 e. The number of benzene rings is 1. The Bertz CT molecular complexity index is 482. The van der Waals surface area contributed by atoms with Gasteiger partial charge in [0, 0.05) is 18.2 Å². The van der Waals surface area contributed by atoms with Gasteiger partial charge in [0.2, 0.25) is 5.91 Å². The molecule has 0 fully saturated rings. The molecule has 1 aliphatic heterocycles. The quantitative estimate of drug-likeness (QED) is 0.823. The Morgan fingerprint density at radius 3 is 2.60 bits per heavy atom. The van der Waals surface area contributed by atoms with Gasteiger partial charge in [0.15, 0.2) is 0 Å². The number of aryl methyl sites for hydroxylation is 1. The van der Waals surface area contributed by atoms with Gasteiger partial charge in [-0.25, -0.2) is 4.39 Å². The molecule has 0 aliphatic carbocycles. The van der Waals surface area contributed by atoms with Gasteiger partial charge in [-0.15, -0.1) is 0 Å². The second-order valence-corrected chi connectivity index (χ2v) is 5.46. The van der Waals surface area contributed by atoms with Gasteiger partial charge in [-0.2, -0.15) is 0 Å². The van der Waals surface area contributed by atoms with Crippen molar-refractivity contribution < 1.29 is 9.18 Å². The van der Waals surface area contributed by atoms with Crippen LogP contribution in [-0.2, 0) is 11.2 Å². The average Bonchev–Trinajstić information content (AvgIpc) is 2.41. The van der Waals surface area contributed by atoms with E-state index >= 15 is 0 Å². The van der Waals surface area contributed by atoms with E-state index in [0.717, 1.165) is 36.9 Å². The summed E-state index contributed by atoms with van der Waals surface area (Å²) < 4.78 is 14.1. The van der Waals surface area contributed by atoms with Crippen molar-refractivity contribution in [1.29, 1.82) is 0 Å². The van der Waals surface area contributed by atoms with Crippen LogP contribution >= 0.6 is 0 Å². The van der Waals surface area contributed by atoms with Crippen molar-refractivity contribution in [2.75, 3.05) is 10.6 Å². The van der Waals surface area contributed by atoms with Crippen LogP contribution in [0.4, 0.5) is 15.8 Å². The molecular weight excluding hydrogens is 255 g/mol. The molecule has 1 heterocycles. The van der Waals surface area contributed by atoms with Gasteiger partial charge >= 0.3 is 0 Å². The summed E-state index contributed by atoms with van der Waals surface area (Å²) in [6.45, 7) is 4.27. The van der Waals surface area contributed by atoms with E-state index in [2.05, 4.69) is 24.5 Å². The predicted octanol–water partition coefficient (Wildman–Crippen LogP) is 4.09. The van der Waals surface area contributed by atoms with Crippen LogP contribution in [0.2, 0.25) is 0 Å². The smallest absolute Gasteiger partial charge is 0.224 e. The molecule has 4 heteroatoms. The first-order chi connectivity index (χ1) is 9.63. The molecule has 0 bridgehead atoms. The SMILES string of the molecule is CCCC(CCC)Nc1cc2c(cc1F)CCC(=O)N2. The third-order valence-electron chi connectivity index (χ3n) is 3.72. The number of hydrogen-bond acceptors (Lipinski definition) is 2. The lowest BCUT2D eigenvalue weighted by molar-refractivity contribution is -0.116. The van der Waals surface area contributed by atoms with Crippen LogP contribution in [0, 0.1) is 5.82 Å². The molecule has 1 aromatic rings. The standard InChI is InChI=1S/C16H23FN2O/c1-3-5-12(6-4-2)18-15-10-14-11(9-13(15)17)7-8-16(20)19-14/h9-10,12,18H,3-8H2,1-2H3,(H,19,20). The van der Waals surface area contributed by atoms with Gasteiger partial charge in [-0.1, -0.05) is 26.7 Å². The summed E-state index contributed by atoms with van der Waals surface area (Å²) in [5, 5.41) is 6.11. The fraction of sp³-hybridized carbons (Fsp3) is 0.562. The van der Waals surface area contributed by atoms with Crippen molar-refractivity contribution in [3.05, 3.63) is 23.5 Å². The van der Waals surface area contributed by atoms with Crippen molar-refractivity contribution in [3.8, 4) is 0 Å². The highest BCUT2D eigenvalue weighted by Crippen LogP contribution is 2.29. The summed E-state index contributed by atoms with van der Waals surface area (Å²) in [5.74, 6) is -0.217. The van der Waals surface area contributed by atoms with Crippen LogP contribution in [0.15, 0.2) is 12.1 Å². The molecule has 110 valence electrons. The van der Waals surface area contributed by atoms with E-state index in [0.29, 0.717) is 18.5 Å². The molecule has 0 unspecified atom stereocenters. The van der Waals surface area contributed by atoms with Gasteiger partial charge < -0.3 is 10.6 Å². The van der Waals surface area contributed by atoms with E-state index in [1.165, 1.54) is 0 Å². The highest BCUT2D eigenvalue weighted by Gasteiger charge is 2.18. The number of nitrogens with one attached hydrogen (secondary N) is 2. The summed E-state index contributed by atoms with van der Waals surface area (Å²) in [5.41, 5.74) is 2.13.